The summed E-state index contributed by atoms with van der Waals surface area (Å²) in [5, 5.41) is 0.806. The Bertz CT molecular complexity index is 1180. The van der Waals surface area contributed by atoms with Gasteiger partial charge in [-0.15, -0.1) is 0 Å². The molecular weight excluding hydrogens is 352 g/mol. The summed E-state index contributed by atoms with van der Waals surface area (Å²) < 4.78 is 11.2. The molecule has 0 unspecified atom stereocenters. The fourth-order valence-corrected chi connectivity index (χ4v) is 3.17. The number of benzene rings is 3. The smallest absolute Gasteiger partial charge is 0.336 e. The van der Waals surface area contributed by atoms with E-state index in [2.05, 4.69) is 0 Å². The Labute approximate surface area is 162 Å². The summed E-state index contributed by atoms with van der Waals surface area (Å²) in [6, 6.07) is 25.4. The first-order chi connectivity index (χ1) is 13.6. The highest BCUT2D eigenvalue weighted by atomic mass is 16.5. The number of Topliss-reactive ketones (excluding diaryl/α,β-unsaturated/α-hetero) is 1. The summed E-state index contributed by atoms with van der Waals surface area (Å²) in [7, 11) is 0. The molecule has 1 heterocycles. The predicted octanol–water partition coefficient (Wildman–Crippen LogP) is 5.11. The first kappa shape index (κ1) is 17.7. The van der Waals surface area contributed by atoms with Gasteiger partial charge in [0, 0.05) is 23.1 Å². The van der Waals surface area contributed by atoms with Crippen LogP contribution in [-0.2, 0) is 0 Å². The largest absolute Gasteiger partial charge is 0.482 e. The van der Waals surface area contributed by atoms with Gasteiger partial charge in [-0.25, -0.2) is 4.79 Å². The van der Waals surface area contributed by atoms with Crippen molar-refractivity contribution in [2.45, 2.75) is 13.0 Å². The van der Waals surface area contributed by atoms with Gasteiger partial charge in [0.2, 0.25) is 5.78 Å². The number of carbonyl (C=O) groups is 1. The molecule has 0 aliphatic heterocycles. The van der Waals surface area contributed by atoms with Gasteiger partial charge < -0.3 is 9.15 Å². The fourth-order valence-electron chi connectivity index (χ4n) is 3.17. The molecule has 1 atom stereocenters. The maximum atomic E-state index is 12.5. The molecule has 1 aromatic heterocycles. The summed E-state index contributed by atoms with van der Waals surface area (Å²) >= 11 is 0. The molecule has 0 saturated carbocycles. The molecule has 0 amide bonds. The van der Waals surface area contributed by atoms with E-state index in [9.17, 15) is 9.59 Å². The van der Waals surface area contributed by atoms with Crippen LogP contribution in [0.4, 0.5) is 0 Å². The monoisotopic (exact) mass is 370 g/mol. The van der Waals surface area contributed by atoms with E-state index in [0.717, 1.165) is 16.5 Å². The number of rotatable bonds is 5. The first-order valence-electron chi connectivity index (χ1n) is 9.01. The maximum absolute atomic E-state index is 12.5. The standard InChI is InChI=1S/C24H18O4/c1-16(24(26)18-10-6-3-7-11-18)27-19-12-13-20-21(17-8-4-2-5-9-17)15-23(25)28-22(20)14-19/h2-16H,1H3/t16-/m0/s1. The molecule has 138 valence electrons. The molecule has 0 aliphatic carbocycles. The van der Waals surface area contributed by atoms with Crippen molar-refractivity contribution in [1.29, 1.82) is 0 Å². The van der Waals surface area contributed by atoms with E-state index in [1.54, 1.807) is 31.2 Å². The van der Waals surface area contributed by atoms with E-state index >= 15 is 0 Å². The van der Waals surface area contributed by atoms with E-state index in [4.69, 9.17) is 9.15 Å². The molecule has 0 spiro atoms. The van der Waals surface area contributed by atoms with Gasteiger partial charge in [0.1, 0.15) is 11.3 Å². The zero-order valence-electron chi connectivity index (χ0n) is 15.3. The molecule has 0 N–H and O–H groups in total. The normalized spacial score (nSPS) is 11.9. The number of carbonyl (C=O) groups excluding carboxylic acids is 1. The fraction of sp³-hybridized carbons (Fsp3) is 0.0833. The Morgan fingerprint density at radius 3 is 2.29 bits per heavy atom. The van der Waals surface area contributed by atoms with Gasteiger partial charge >= 0.3 is 5.63 Å². The van der Waals surface area contributed by atoms with Crippen LogP contribution in [0.5, 0.6) is 5.75 Å². The third-order valence-electron chi connectivity index (χ3n) is 4.54. The zero-order chi connectivity index (χ0) is 19.5. The minimum Gasteiger partial charge on any atom is -0.482 e. The van der Waals surface area contributed by atoms with Crippen molar-refractivity contribution in [3.63, 3.8) is 0 Å². The van der Waals surface area contributed by atoms with Gasteiger partial charge in [-0.3, -0.25) is 4.79 Å². The molecule has 4 aromatic rings. The summed E-state index contributed by atoms with van der Waals surface area (Å²) in [5.74, 6) is 0.359. The van der Waals surface area contributed by atoms with Gasteiger partial charge in [0.25, 0.3) is 0 Å². The molecule has 28 heavy (non-hydrogen) atoms. The third kappa shape index (κ3) is 3.58. The maximum Gasteiger partial charge on any atom is 0.336 e. The molecule has 0 saturated heterocycles. The van der Waals surface area contributed by atoms with Crippen molar-refractivity contribution in [3.8, 4) is 16.9 Å². The van der Waals surface area contributed by atoms with Crippen molar-refractivity contribution in [1.82, 2.24) is 0 Å². The second-order valence-electron chi connectivity index (χ2n) is 6.49. The quantitative estimate of drug-likeness (QED) is 0.362. The Morgan fingerprint density at radius 1 is 0.893 bits per heavy atom. The van der Waals surface area contributed by atoms with E-state index in [1.807, 2.05) is 54.6 Å². The van der Waals surface area contributed by atoms with Crippen LogP contribution in [0, 0.1) is 0 Å². The molecule has 3 aromatic carbocycles. The number of hydrogen-bond donors (Lipinski definition) is 0. The van der Waals surface area contributed by atoms with Crippen LogP contribution in [0.2, 0.25) is 0 Å². The third-order valence-corrected chi connectivity index (χ3v) is 4.54. The number of ether oxygens (including phenoxy) is 1. The van der Waals surface area contributed by atoms with Crippen molar-refractivity contribution >= 4 is 16.8 Å². The van der Waals surface area contributed by atoms with E-state index in [-0.39, 0.29) is 5.78 Å². The Morgan fingerprint density at radius 2 is 1.57 bits per heavy atom. The van der Waals surface area contributed by atoms with Crippen molar-refractivity contribution < 1.29 is 13.9 Å². The van der Waals surface area contributed by atoms with Gasteiger partial charge in [-0.2, -0.15) is 0 Å². The second kappa shape index (κ2) is 7.53. The van der Waals surface area contributed by atoms with Crippen LogP contribution >= 0.6 is 0 Å². The van der Waals surface area contributed by atoms with Crippen molar-refractivity contribution in [2.24, 2.45) is 0 Å². The van der Waals surface area contributed by atoms with E-state index < -0.39 is 11.7 Å². The lowest BCUT2D eigenvalue weighted by Crippen LogP contribution is -2.23. The summed E-state index contributed by atoms with van der Waals surface area (Å²) in [5.41, 5.74) is 2.31. The average molecular weight is 370 g/mol. The van der Waals surface area contributed by atoms with Crippen LogP contribution in [0.1, 0.15) is 17.3 Å². The number of hydrogen-bond acceptors (Lipinski definition) is 4. The molecule has 4 rings (SSSR count). The Balaban J connectivity index is 1.67. The highest BCUT2D eigenvalue weighted by Crippen LogP contribution is 2.30. The van der Waals surface area contributed by atoms with Crippen LogP contribution in [0.3, 0.4) is 0 Å². The van der Waals surface area contributed by atoms with Gasteiger partial charge in [0.05, 0.1) is 0 Å². The van der Waals surface area contributed by atoms with Crippen molar-refractivity contribution in [2.75, 3.05) is 0 Å². The second-order valence-corrected chi connectivity index (χ2v) is 6.49. The lowest BCUT2D eigenvalue weighted by molar-refractivity contribution is 0.0818. The van der Waals surface area contributed by atoms with Gasteiger partial charge in [-0.1, -0.05) is 60.7 Å². The van der Waals surface area contributed by atoms with Crippen LogP contribution < -0.4 is 10.4 Å². The summed E-state index contributed by atoms with van der Waals surface area (Å²) in [4.78, 5) is 24.6. The number of fused-ring (bicyclic) bond motifs is 1. The van der Waals surface area contributed by atoms with Crippen LogP contribution in [0.15, 0.2) is 94.1 Å². The van der Waals surface area contributed by atoms with Crippen molar-refractivity contribution in [3.05, 3.63) is 101 Å². The molecule has 0 aliphatic rings. The van der Waals surface area contributed by atoms with Crippen LogP contribution in [-0.4, -0.2) is 11.9 Å². The van der Waals surface area contributed by atoms with E-state index in [0.29, 0.717) is 16.9 Å². The molecule has 0 fully saturated rings. The molecular formula is C24H18O4. The van der Waals surface area contributed by atoms with E-state index in [1.165, 1.54) is 6.07 Å². The Hall–Kier alpha value is -3.66. The minimum atomic E-state index is -0.663. The zero-order valence-corrected chi connectivity index (χ0v) is 15.3. The summed E-state index contributed by atoms with van der Waals surface area (Å²) in [6.45, 7) is 1.70. The first-order valence-corrected chi connectivity index (χ1v) is 9.01. The highest BCUT2D eigenvalue weighted by Gasteiger charge is 2.17. The molecule has 4 heteroatoms. The summed E-state index contributed by atoms with van der Waals surface area (Å²) in [6.07, 6.45) is -0.663. The van der Waals surface area contributed by atoms with Gasteiger partial charge in [-0.05, 0) is 30.2 Å². The lowest BCUT2D eigenvalue weighted by atomic mass is 10.0. The predicted molar refractivity (Wildman–Crippen MR) is 109 cm³/mol. The van der Waals surface area contributed by atoms with Gasteiger partial charge in [0.15, 0.2) is 6.10 Å². The molecule has 0 radical (unpaired) electrons. The highest BCUT2D eigenvalue weighted by molar-refractivity contribution is 5.99. The van der Waals surface area contributed by atoms with Crippen LogP contribution in [0.25, 0.3) is 22.1 Å². The topological polar surface area (TPSA) is 56.5 Å². The number of ketones is 1. The lowest BCUT2D eigenvalue weighted by Gasteiger charge is -2.14. The molecule has 4 nitrogen and oxygen atoms in total. The average Bonchev–Trinajstić information content (AvgIpc) is 2.73. The molecule has 0 bridgehead atoms. The Kier molecular flexibility index (Phi) is 4.77. The SMILES string of the molecule is C[C@H](Oc1ccc2c(-c3ccccc3)cc(=O)oc2c1)C(=O)c1ccccc1. The minimum absolute atomic E-state index is 0.111.